The Morgan fingerprint density at radius 1 is 0.963 bits per heavy atom. The van der Waals surface area contributed by atoms with Crippen molar-refractivity contribution in [1.82, 2.24) is 9.55 Å². The lowest BCUT2D eigenvalue weighted by Crippen LogP contribution is -2.09. The summed E-state index contributed by atoms with van der Waals surface area (Å²) in [5.41, 5.74) is 1.20. The van der Waals surface area contributed by atoms with Crippen molar-refractivity contribution in [1.29, 1.82) is 0 Å². The fourth-order valence-electron chi connectivity index (χ4n) is 3.35. The Morgan fingerprint density at radius 3 is 2.26 bits per heavy atom. The number of benzene rings is 1. The molecule has 1 aromatic heterocycles. The normalized spacial score (nSPS) is 12.4. The van der Waals surface area contributed by atoms with E-state index >= 15 is 0 Å². The van der Waals surface area contributed by atoms with Gasteiger partial charge in [0.2, 0.25) is 0 Å². The molecule has 1 heterocycles. The molecule has 0 saturated carbocycles. The fraction of sp³-hybridized carbons (Fsp3) is 0.609. The molecule has 0 bridgehead atoms. The average molecular weight is 391 g/mol. The Morgan fingerprint density at radius 2 is 1.63 bits per heavy atom. The first-order valence-corrected chi connectivity index (χ1v) is 11.0. The molecule has 0 saturated heterocycles. The van der Waals surface area contributed by atoms with Crippen LogP contribution in [0.5, 0.6) is 0 Å². The predicted octanol–water partition coefficient (Wildman–Crippen LogP) is 7.22. The average Bonchev–Trinajstić information content (AvgIpc) is 3.20. The molecule has 2 rings (SSSR count). The van der Waals surface area contributed by atoms with E-state index in [4.69, 9.17) is 16.3 Å². The van der Waals surface area contributed by atoms with Gasteiger partial charge in [0.25, 0.3) is 0 Å². The summed E-state index contributed by atoms with van der Waals surface area (Å²) in [5, 5.41) is 0.769. The number of ether oxygens (including phenoxy) is 1. The number of hydrogen-bond acceptors (Lipinski definition) is 2. The smallest absolute Gasteiger partial charge is 0.0945 e. The van der Waals surface area contributed by atoms with E-state index in [1.165, 1.54) is 56.9 Å². The van der Waals surface area contributed by atoms with E-state index in [2.05, 4.69) is 28.6 Å². The Balaban J connectivity index is 1.66. The summed E-state index contributed by atoms with van der Waals surface area (Å²) in [6.07, 6.45) is 18.7. The van der Waals surface area contributed by atoms with Gasteiger partial charge in [-0.05, 0) is 30.5 Å². The maximum absolute atomic E-state index is 6.25. The van der Waals surface area contributed by atoms with E-state index in [0.29, 0.717) is 0 Å². The van der Waals surface area contributed by atoms with Gasteiger partial charge in [-0.25, -0.2) is 4.98 Å². The Hall–Kier alpha value is -1.32. The molecule has 0 aliphatic rings. The van der Waals surface area contributed by atoms with Crippen LogP contribution in [0, 0.1) is 0 Å². The number of hydrogen-bond donors (Lipinski definition) is 0. The Kier molecular flexibility index (Phi) is 11.2. The van der Waals surface area contributed by atoms with Crippen molar-refractivity contribution < 1.29 is 4.74 Å². The van der Waals surface area contributed by atoms with Gasteiger partial charge < -0.3 is 9.30 Å². The van der Waals surface area contributed by atoms with Crippen molar-refractivity contribution in [3.63, 3.8) is 0 Å². The van der Waals surface area contributed by atoms with Crippen LogP contribution in [0.15, 0.2) is 43.0 Å². The third kappa shape index (κ3) is 9.44. The van der Waals surface area contributed by atoms with Crippen molar-refractivity contribution in [2.24, 2.45) is 0 Å². The summed E-state index contributed by atoms with van der Waals surface area (Å²) in [4.78, 5) is 4.12. The lowest BCUT2D eigenvalue weighted by molar-refractivity contribution is 0.0410. The minimum atomic E-state index is 0.110. The molecular formula is C23H35ClN2O. The molecule has 0 aliphatic carbocycles. The summed E-state index contributed by atoms with van der Waals surface area (Å²) in [5.74, 6) is 0. The van der Waals surface area contributed by atoms with Crippen LogP contribution in [0.25, 0.3) is 0 Å². The zero-order valence-corrected chi connectivity index (χ0v) is 17.5. The lowest BCUT2D eigenvalue weighted by Gasteiger charge is -2.19. The van der Waals surface area contributed by atoms with Crippen molar-refractivity contribution >= 4 is 11.6 Å². The summed E-state index contributed by atoms with van der Waals surface area (Å²) in [6.45, 7) is 4.00. The van der Waals surface area contributed by atoms with Crippen LogP contribution in [-0.4, -0.2) is 16.2 Å². The van der Waals surface area contributed by atoms with Gasteiger partial charge in [0.1, 0.15) is 0 Å². The second-order valence-corrected chi connectivity index (χ2v) is 7.77. The molecule has 0 amide bonds. The van der Waals surface area contributed by atoms with Crippen molar-refractivity contribution in [2.45, 2.75) is 83.8 Å². The molecule has 150 valence electrons. The predicted molar refractivity (Wildman–Crippen MR) is 114 cm³/mol. The molecule has 0 N–H and O–H groups in total. The molecule has 1 unspecified atom stereocenters. The highest BCUT2D eigenvalue weighted by molar-refractivity contribution is 6.30. The highest BCUT2D eigenvalue weighted by atomic mass is 35.5. The van der Waals surface area contributed by atoms with Crippen LogP contribution >= 0.6 is 11.6 Å². The van der Waals surface area contributed by atoms with Crippen LogP contribution in [0.2, 0.25) is 5.02 Å². The second kappa shape index (κ2) is 13.8. The zero-order chi connectivity index (χ0) is 19.2. The van der Waals surface area contributed by atoms with Crippen LogP contribution in [-0.2, 0) is 11.3 Å². The van der Waals surface area contributed by atoms with Gasteiger partial charge in [-0.15, -0.1) is 0 Å². The molecule has 1 atom stereocenters. The van der Waals surface area contributed by atoms with E-state index in [1.54, 1.807) is 0 Å². The number of halogens is 1. The monoisotopic (exact) mass is 390 g/mol. The Labute approximate surface area is 170 Å². The summed E-state index contributed by atoms with van der Waals surface area (Å²) in [7, 11) is 0. The van der Waals surface area contributed by atoms with E-state index in [0.717, 1.165) is 31.0 Å². The number of aromatic nitrogens is 2. The van der Waals surface area contributed by atoms with E-state index < -0.39 is 0 Å². The van der Waals surface area contributed by atoms with Gasteiger partial charge in [0.15, 0.2) is 0 Å². The quantitative estimate of drug-likeness (QED) is 0.300. The van der Waals surface area contributed by atoms with Gasteiger partial charge >= 0.3 is 0 Å². The van der Waals surface area contributed by atoms with E-state index in [-0.39, 0.29) is 6.10 Å². The standard InChI is InChI=1S/C23H35ClN2O/c1-2-3-4-5-6-7-8-9-10-19-27-23(15-17-26-18-16-25-20-26)21-11-13-22(24)14-12-21/h11-14,16,18,20,23H,2-10,15,17,19H2,1H3. The third-order valence-corrected chi connectivity index (χ3v) is 5.27. The van der Waals surface area contributed by atoms with Crippen molar-refractivity contribution in [3.8, 4) is 0 Å². The summed E-state index contributed by atoms with van der Waals surface area (Å²) in [6, 6.07) is 8.06. The minimum absolute atomic E-state index is 0.110. The van der Waals surface area contributed by atoms with Gasteiger partial charge in [-0.2, -0.15) is 0 Å². The van der Waals surface area contributed by atoms with Crippen LogP contribution in [0.3, 0.4) is 0 Å². The van der Waals surface area contributed by atoms with Gasteiger partial charge in [-0.3, -0.25) is 0 Å². The summed E-state index contributed by atoms with van der Waals surface area (Å²) >= 11 is 6.04. The molecule has 1 aromatic carbocycles. The Bertz CT molecular complexity index is 583. The van der Waals surface area contributed by atoms with E-state index in [9.17, 15) is 0 Å². The molecule has 2 aromatic rings. The fourth-order valence-corrected chi connectivity index (χ4v) is 3.47. The minimum Gasteiger partial charge on any atom is -0.373 e. The lowest BCUT2D eigenvalue weighted by atomic mass is 10.1. The maximum atomic E-state index is 6.25. The highest BCUT2D eigenvalue weighted by Crippen LogP contribution is 2.24. The maximum Gasteiger partial charge on any atom is 0.0945 e. The largest absolute Gasteiger partial charge is 0.373 e. The van der Waals surface area contributed by atoms with Gasteiger partial charge in [0.05, 0.1) is 12.4 Å². The van der Waals surface area contributed by atoms with Crippen LogP contribution < -0.4 is 0 Å². The third-order valence-electron chi connectivity index (χ3n) is 5.02. The molecule has 27 heavy (non-hydrogen) atoms. The highest BCUT2D eigenvalue weighted by Gasteiger charge is 2.12. The molecular weight excluding hydrogens is 356 g/mol. The summed E-state index contributed by atoms with van der Waals surface area (Å²) < 4.78 is 8.35. The molecule has 4 heteroatoms. The molecule has 0 spiro atoms. The topological polar surface area (TPSA) is 27.1 Å². The second-order valence-electron chi connectivity index (χ2n) is 7.33. The van der Waals surface area contributed by atoms with Crippen LogP contribution in [0.4, 0.5) is 0 Å². The first-order valence-electron chi connectivity index (χ1n) is 10.6. The zero-order valence-electron chi connectivity index (χ0n) is 16.8. The van der Waals surface area contributed by atoms with Crippen molar-refractivity contribution in [3.05, 3.63) is 53.6 Å². The van der Waals surface area contributed by atoms with Crippen molar-refractivity contribution in [2.75, 3.05) is 6.61 Å². The van der Waals surface area contributed by atoms with Gasteiger partial charge in [-0.1, -0.05) is 82.0 Å². The number of rotatable bonds is 15. The molecule has 0 aliphatic heterocycles. The molecule has 3 nitrogen and oxygen atoms in total. The number of unbranched alkanes of at least 4 members (excludes halogenated alkanes) is 8. The molecule has 0 radical (unpaired) electrons. The number of aryl methyl sites for hydroxylation is 1. The SMILES string of the molecule is CCCCCCCCCCCOC(CCn1ccnc1)c1ccc(Cl)cc1. The van der Waals surface area contributed by atoms with Gasteiger partial charge in [0, 0.05) is 30.6 Å². The first kappa shape index (κ1) is 22.0. The number of imidazole rings is 1. The number of nitrogens with zero attached hydrogens (tertiary/aromatic N) is 2. The first-order chi connectivity index (χ1) is 13.3. The van der Waals surface area contributed by atoms with Crippen LogP contribution in [0.1, 0.15) is 82.8 Å². The molecule has 0 fully saturated rings. The van der Waals surface area contributed by atoms with E-state index in [1.807, 2.05) is 30.9 Å².